The van der Waals surface area contributed by atoms with Crippen LogP contribution in [0.4, 0.5) is 5.69 Å². The molecule has 1 aliphatic heterocycles. The minimum Gasteiger partial charge on any atom is -0.369 e. The zero-order valence-corrected chi connectivity index (χ0v) is 11.8. The SMILES string of the molecule is CCNC(C)(CN1CCCc2ccccc21)C(N)=O. The van der Waals surface area contributed by atoms with Gasteiger partial charge in [-0.2, -0.15) is 0 Å². The Labute approximate surface area is 115 Å². The van der Waals surface area contributed by atoms with Crippen LogP contribution in [0.25, 0.3) is 0 Å². The fourth-order valence-electron chi connectivity index (χ4n) is 2.77. The number of anilines is 1. The number of carbonyl (C=O) groups excluding carboxylic acids is 1. The number of nitrogens with zero attached hydrogens (tertiary/aromatic N) is 1. The van der Waals surface area contributed by atoms with Gasteiger partial charge in [0.05, 0.1) is 0 Å². The second-order valence-electron chi connectivity index (χ2n) is 5.38. The topological polar surface area (TPSA) is 58.4 Å². The zero-order chi connectivity index (χ0) is 13.9. The molecule has 1 atom stereocenters. The van der Waals surface area contributed by atoms with Gasteiger partial charge in [0.15, 0.2) is 0 Å². The van der Waals surface area contributed by atoms with E-state index in [0.717, 1.165) is 25.9 Å². The Hall–Kier alpha value is -1.55. The van der Waals surface area contributed by atoms with Gasteiger partial charge in [0.25, 0.3) is 0 Å². The van der Waals surface area contributed by atoms with Gasteiger partial charge in [-0.05, 0) is 37.9 Å². The molecule has 0 radical (unpaired) electrons. The van der Waals surface area contributed by atoms with Crippen molar-refractivity contribution in [3.05, 3.63) is 29.8 Å². The smallest absolute Gasteiger partial charge is 0.239 e. The standard InChI is InChI=1S/C15H23N3O/c1-3-17-15(2,14(16)19)11-18-10-6-8-12-7-4-5-9-13(12)18/h4-5,7,9,17H,3,6,8,10-11H2,1-2H3,(H2,16,19). The van der Waals surface area contributed by atoms with E-state index >= 15 is 0 Å². The van der Waals surface area contributed by atoms with Gasteiger partial charge >= 0.3 is 0 Å². The normalized spacial score (nSPS) is 17.7. The molecule has 19 heavy (non-hydrogen) atoms. The van der Waals surface area contributed by atoms with Gasteiger partial charge in [-0.25, -0.2) is 0 Å². The maximum Gasteiger partial charge on any atom is 0.239 e. The van der Waals surface area contributed by atoms with E-state index in [4.69, 9.17) is 5.73 Å². The first-order chi connectivity index (χ1) is 9.07. The molecule has 0 spiro atoms. The Morgan fingerprint density at radius 2 is 2.21 bits per heavy atom. The number of aryl methyl sites for hydroxylation is 1. The Kier molecular flexibility index (Phi) is 4.10. The summed E-state index contributed by atoms with van der Waals surface area (Å²) in [6.07, 6.45) is 2.24. The fraction of sp³-hybridized carbons (Fsp3) is 0.533. The van der Waals surface area contributed by atoms with Gasteiger partial charge < -0.3 is 16.0 Å². The molecule has 1 aliphatic rings. The van der Waals surface area contributed by atoms with E-state index in [2.05, 4.69) is 28.4 Å². The second-order valence-corrected chi connectivity index (χ2v) is 5.38. The van der Waals surface area contributed by atoms with E-state index in [1.165, 1.54) is 11.3 Å². The van der Waals surface area contributed by atoms with Crippen LogP contribution in [-0.4, -0.2) is 31.1 Å². The van der Waals surface area contributed by atoms with Gasteiger partial charge in [0.1, 0.15) is 5.54 Å². The molecule has 1 aromatic rings. The lowest BCUT2D eigenvalue weighted by Crippen LogP contribution is -2.60. The fourth-order valence-corrected chi connectivity index (χ4v) is 2.77. The minimum atomic E-state index is -0.681. The summed E-state index contributed by atoms with van der Waals surface area (Å²) in [5.41, 5.74) is 7.48. The van der Waals surface area contributed by atoms with Gasteiger partial charge in [-0.3, -0.25) is 4.79 Å². The van der Waals surface area contributed by atoms with Crippen LogP contribution in [0.1, 0.15) is 25.8 Å². The average molecular weight is 261 g/mol. The van der Waals surface area contributed by atoms with Gasteiger partial charge in [0, 0.05) is 18.8 Å². The van der Waals surface area contributed by atoms with Gasteiger partial charge in [0.2, 0.25) is 5.91 Å². The highest BCUT2D eigenvalue weighted by molar-refractivity contribution is 5.85. The lowest BCUT2D eigenvalue weighted by molar-refractivity contribution is -0.123. The highest BCUT2D eigenvalue weighted by atomic mass is 16.1. The highest BCUT2D eigenvalue weighted by Crippen LogP contribution is 2.27. The number of para-hydroxylation sites is 1. The van der Waals surface area contributed by atoms with Crippen LogP contribution >= 0.6 is 0 Å². The molecule has 0 aromatic heterocycles. The maximum atomic E-state index is 11.7. The van der Waals surface area contributed by atoms with Crippen molar-refractivity contribution in [3.8, 4) is 0 Å². The van der Waals surface area contributed by atoms with Crippen molar-refractivity contribution in [2.45, 2.75) is 32.2 Å². The first-order valence-corrected chi connectivity index (χ1v) is 6.94. The van der Waals surface area contributed by atoms with Crippen LogP contribution in [0.3, 0.4) is 0 Å². The van der Waals surface area contributed by atoms with Crippen LogP contribution in [0, 0.1) is 0 Å². The lowest BCUT2D eigenvalue weighted by atomic mass is 9.96. The molecule has 0 saturated heterocycles. The molecule has 0 bridgehead atoms. The predicted octanol–water partition coefficient (Wildman–Crippen LogP) is 1.29. The summed E-state index contributed by atoms with van der Waals surface area (Å²) in [4.78, 5) is 14.0. The van der Waals surface area contributed by atoms with Crippen molar-refractivity contribution in [2.24, 2.45) is 5.73 Å². The molecule has 1 heterocycles. The van der Waals surface area contributed by atoms with E-state index < -0.39 is 5.54 Å². The monoisotopic (exact) mass is 261 g/mol. The van der Waals surface area contributed by atoms with Crippen molar-refractivity contribution in [1.82, 2.24) is 5.32 Å². The number of fused-ring (bicyclic) bond motifs is 1. The molecule has 4 nitrogen and oxygen atoms in total. The Bertz CT molecular complexity index is 460. The van der Waals surface area contributed by atoms with Crippen molar-refractivity contribution in [1.29, 1.82) is 0 Å². The molecule has 1 aromatic carbocycles. The van der Waals surface area contributed by atoms with Gasteiger partial charge in [-0.15, -0.1) is 0 Å². The van der Waals surface area contributed by atoms with Crippen LogP contribution in [-0.2, 0) is 11.2 Å². The van der Waals surface area contributed by atoms with Crippen LogP contribution < -0.4 is 16.0 Å². The molecule has 0 fully saturated rings. The Balaban J connectivity index is 2.22. The van der Waals surface area contributed by atoms with Crippen LogP contribution in [0.5, 0.6) is 0 Å². The number of hydrogen-bond donors (Lipinski definition) is 2. The van der Waals surface area contributed by atoms with Crippen molar-refractivity contribution >= 4 is 11.6 Å². The van der Waals surface area contributed by atoms with E-state index in [1.807, 2.05) is 19.9 Å². The summed E-state index contributed by atoms with van der Waals surface area (Å²) in [5, 5.41) is 3.22. The van der Waals surface area contributed by atoms with E-state index in [0.29, 0.717) is 6.54 Å². The quantitative estimate of drug-likeness (QED) is 0.840. The molecular weight excluding hydrogens is 238 g/mol. The molecule has 4 heteroatoms. The number of likely N-dealkylation sites (N-methyl/N-ethyl adjacent to an activating group) is 1. The van der Waals surface area contributed by atoms with Gasteiger partial charge in [-0.1, -0.05) is 25.1 Å². The third-order valence-corrected chi connectivity index (χ3v) is 3.82. The molecule has 104 valence electrons. The molecule has 0 aliphatic carbocycles. The van der Waals surface area contributed by atoms with Crippen molar-refractivity contribution < 1.29 is 4.79 Å². The molecular formula is C15H23N3O. The molecule has 1 amide bonds. The average Bonchev–Trinajstić information content (AvgIpc) is 2.39. The number of hydrogen-bond acceptors (Lipinski definition) is 3. The van der Waals surface area contributed by atoms with E-state index in [-0.39, 0.29) is 5.91 Å². The molecule has 3 N–H and O–H groups in total. The number of benzene rings is 1. The first kappa shape index (κ1) is 13.9. The minimum absolute atomic E-state index is 0.294. The number of primary amides is 1. The summed E-state index contributed by atoms with van der Waals surface area (Å²) in [7, 11) is 0. The van der Waals surface area contributed by atoms with Crippen molar-refractivity contribution in [3.63, 3.8) is 0 Å². The summed E-state index contributed by atoms with van der Waals surface area (Å²) >= 11 is 0. The Morgan fingerprint density at radius 3 is 2.89 bits per heavy atom. The van der Waals surface area contributed by atoms with Crippen molar-refractivity contribution in [2.75, 3.05) is 24.5 Å². The number of rotatable bonds is 5. The largest absolute Gasteiger partial charge is 0.369 e. The number of amides is 1. The highest BCUT2D eigenvalue weighted by Gasteiger charge is 2.33. The summed E-state index contributed by atoms with van der Waals surface area (Å²) in [6.45, 7) is 6.20. The van der Waals surface area contributed by atoms with E-state index in [1.54, 1.807) is 0 Å². The number of carbonyl (C=O) groups is 1. The molecule has 2 rings (SSSR count). The second kappa shape index (κ2) is 5.61. The third-order valence-electron chi connectivity index (χ3n) is 3.82. The first-order valence-electron chi connectivity index (χ1n) is 6.94. The molecule has 0 saturated carbocycles. The molecule has 1 unspecified atom stereocenters. The Morgan fingerprint density at radius 1 is 1.47 bits per heavy atom. The summed E-state index contributed by atoms with van der Waals surface area (Å²) in [6, 6.07) is 8.41. The maximum absolute atomic E-state index is 11.7. The number of nitrogens with one attached hydrogen (secondary N) is 1. The third kappa shape index (κ3) is 2.89. The van der Waals surface area contributed by atoms with Crippen LogP contribution in [0.2, 0.25) is 0 Å². The zero-order valence-electron chi connectivity index (χ0n) is 11.8. The van der Waals surface area contributed by atoms with Crippen LogP contribution in [0.15, 0.2) is 24.3 Å². The predicted molar refractivity (Wildman–Crippen MR) is 78.3 cm³/mol. The van der Waals surface area contributed by atoms with E-state index in [9.17, 15) is 4.79 Å². The summed E-state index contributed by atoms with van der Waals surface area (Å²) in [5.74, 6) is -0.294. The summed E-state index contributed by atoms with van der Waals surface area (Å²) < 4.78 is 0. The lowest BCUT2D eigenvalue weighted by Gasteiger charge is -2.38. The number of nitrogens with two attached hydrogens (primary N) is 1.